The molecule has 1 N–H and O–H groups in total. The van der Waals surface area contributed by atoms with E-state index in [9.17, 15) is 27.6 Å². The van der Waals surface area contributed by atoms with Gasteiger partial charge in [0.05, 0.1) is 22.4 Å². The largest absolute Gasteiger partial charge is 0.491 e. The van der Waals surface area contributed by atoms with E-state index in [-0.39, 0.29) is 11.1 Å². The van der Waals surface area contributed by atoms with Crippen LogP contribution in [0, 0.1) is 0 Å². The number of halogens is 4. The molecule has 0 bridgehead atoms. The molecule has 2 aromatic carbocycles. The first kappa shape index (κ1) is 22.4. The second kappa shape index (κ2) is 8.43. The Morgan fingerprint density at radius 1 is 1.06 bits per heavy atom. The average molecular weight is 453 g/mol. The summed E-state index contributed by atoms with van der Waals surface area (Å²) in [5.41, 5.74) is -1.58. The van der Waals surface area contributed by atoms with Crippen molar-refractivity contribution >= 4 is 41.2 Å². The summed E-state index contributed by atoms with van der Waals surface area (Å²) in [6.45, 7) is 3.71. The van der Waals surface area contributed by atoms with Crippen molar-refractivity contribution in [3.63, 3.8) is 0 Å². The summed E-state index contributed by atoms with van der Waals surface area (Å²) < 4.78 is 44.7. The number of nitrogens with one attached hydrogen (secondary N) is 1. The predicted octanol–water partition coefficient (Wildman–Crippen LogP) is 4.81. The average Bonchev–Trinajstić information content (AvgIpc) is 2.66. The highest BCUT2D eigenvalue weighted by Gasteiger charge is 2.39. The summed E-state index contributed by atoms with van der Waals surface area (Å²) in [6, 6.07) is 7.45. The Hall–Kier alpha value is -3.33. The summed E-state index contributed by atoms with van der Waals surface area (Å²) in [4.78, 5) is 37.8. The quantitative estimate of drug-likeness (QED) is 0.533. The van der Waals surface area contributed by atoms with Crippen LogP contribution in [-0.2, 0) is 15.8 Å². The summed E-state index contributed by atoms with van der Waals surface area (Å²) in [5.74, 6) is -1.50. The molecule has 0 atom stereocenters. The Morgan fingerprint density at radius 3 is 2.29 bits per heavy atom. The van der Waals surface area contributed by atoms with Crippen LogP contribution in [0.5, 0.6) is 5.75 Å². The van der Waals surface area contributed by atoms with Gasteiger partial charge in [0.1, 0.15) is 11.3 Å². The van der Waals surface area contributed by atoms with Crippen LogP contribution < -0.4 is 15.0 Å². The SMILES string of the molecule is CC(C)Oc1ccc(/C=C2/C(=O)NC(=O)N(c3cc(C(F)(F)F)ccc3Cl)C2=O)cc1. The number of rotatable bonds is 4. The Balaban J connectivity index is 1.99. The van der Waals surface area contributed by atoms with E-state index in [0.29, 0.717) is 22.3 Å². The van der Waals surface area contributed by atoms with E-state index in [4.69, 9.17) is 16.3 Å². The number of benzene rings is 2. The van der Waals surface area contributed by atoms with Gasteiger partial charge in [0.25, 0.3) is 11.8 Å². The van der Waals surface area contributed by atoms with Crippen molar-refractivity contribution in [3.8, 4) is 5.75 Å². The van der Waals surface area contributed by atoms with Gasteiger partial charge in [0.2, 0.25) is 0 Å². The van der Waals surface area contributed by atoms with E-state index in [1.54, 1.807) is 24.3 Å². The van der Waals surface area contributed by atoms with Gasteiger partial charge in [0, 0.05) is 0 Å². The summed E-state index contributed by atoms with van der Waals surface area (Å²) in [5, 5.41) is 1.68. The van der Waals surface area contributed by atoms with Crippen LogP contribution in [0.15, 0.2) is 48.0 Å². The molecule has 6 nitrogen and oxygen atoms in total. The van der Waals surface area contributed by atoms with Crippen molar-refractivity contribution in [3.05, 3.63) is 64.2 Å². The van der Waals surface area contributed by atoms with Crippen molar-refractivity contribution < 1.29 is 32.3 Å². The molecule has 0 unspecified atom stereocenters. The number of ether oxygens (including phenoxy) is 1. The zero-order valence-electron chi connectivity index (χ0n) is 16.3. The van der Waals surface area contributed by atoms with Gasteiger partial charge < -0.3 is 4.74 Å². The van der Waals surface area contributed by atoms with Gasteiger partial charge in [0.15, 0.2) is 0 Å². The lowest BCUT2D eigenvalue weighted by atomic mass is 10.1. The molecule has 1 fully saturated rings. The Bertz CT molecular complexity index is 1080. The maximum atomic E-state index is 13.1. The number of amides is 4. The number of anilines is 1. The number of carbonyl (C=O) groups excluding carboxylic acids is 3. The third-order valence-corrected chi connectivity index (χ3v) is 4.50. The topological polar surface area (TPSA) is 75.7 Å². The lowest BCUT2D eigenvalue weighted by Gasteiger charge is -2.27. The van der Waals surface area contributed by atoms with Crippen molar-refractivity contribution in [1.82, 2.24) is 5.32 Å². The molecule has 1 aliphatic heterocycles. The molecule has 31 heavy (non-hydrogen) atoms. The third kappa shape index (κ3) is 4.88. The second-order valence-electron chi connectivity index (χ2n) is 6.86. The minimum atomic E-state index is -4.72. The van der Waals surface area contributed by atoms with Crippen LogP contribution in [0.2, 0.25) is 5.02 Å². The van der Waals surface area contributed by atoms with Crippen LogP contribution in [0.4, 0.5) is 23.7 Å². The standard InChI is InChI=1S/C21H16ClF3N2O4/c1-11(2)31-14-6-3-12(4-7-14)9-15-18(28)26-20(30)27(19(15)29)17-10-13(21(23,24)25)5-8-16(17)22/h3-11H,1-2H3,(H,26,28,30)/b15-9-. The van der Waals surface area contributed by atoms with Crippen LogP contribution in [0.3, 0.4) is 0 Å². The Kier molecular flexibility index (Phi) is 6.08. The number of hydrogen-bond acceptors (Lipinski definition) is 4. The summed E-state index contributed by atoms with van der Waals surface area (Å²) in [7, 11) is 0. The molecular formula is C21H16ClF3N2O4. The molecule has 0 radical (unpaired) electrons. The highest BCUT2D eigenvalue weighted by atomic mass is 35.5. The Labute approximate surface area is 180 Å². The Morgan fingerprint density at radius 2 is 1.71 bits per heavy atom. The monoisotopic (exact) mass is 452 g/mol. The number of imide groups is 2. The van der Waals surface area contributed by atoms with E-state index in [0.717, 1.165) is 12.1 Å². The van der Waals surface area contributed by atoms with Gasteiger partial charge in [-0.05, 0) is 55.8 Å². The number of nitrogens with zero attached hydrogens (tertiary/aromatic N) is 1. The maximum absolute atomic E-state index is 13.1. The number of barbiturate groups is 1. The number of carbonyl (C=O) groups is 3. The van der Waals surface area contributed by atoms with Crippen molar-refractivity contribution in [2.24, 2.45) is 0 Å². The number of urea groups is 1. The first-order chi connectivity index (χ1) is 14.5. The van der Waals surface area contributed by atoms with Gasteiger partial charge >= 0.3 is 12.2 Å². The molecule has 0 spiro atoms. The van der Waals surface area contributed by atoms with E-state index in [1.165, 1.54) is 6.08 Å². The van der Waals surface area contributed by atoms with Gasteiger partial charge in [-0.3, -0.25) is 14.9 Å². The fourth-order valence-electron chi connectivity index (χ4n) is 2.82. The summed E-state index contributed by atoms with van der Waals surface area (Å²) in [6.07, 6.45) is -3.55. The molecule has 0 saturated carbocycles. The second-order valence-corrected chi connectivity index (χ2v) is 7.26. The molecule has 2 aromatic rings. The normalized spacial score (nSPS) is 16.2. The lowest BCUT2D eigenvalue weighted by molar-refractivity contribution is -0.137. The van der Waals surface area contributed by atoms with Crippen molar-refractivity contribution in [2.45, 2.75) is 26.1 Å². The number of alkyl halides is 3. The van der Waals surface area contributed by atoms with E-state index in [1.807, 2.05) is 19.2 Å². The van der Waals surface area contributed by atoms with E-state index < -0.39 is 40.8 Å². The maximum Gasteiger partial charge on any atom is 0.416 e. The molecule has 1 heterocycles. The number of hydrogen-bond donors (Lipinski definition) is 1. The highest BCUT2D eigenvalue weighted by Crippen LogP contribution is 2.36. The zero-order valence-corrected chi connectivity index (χ0v) is 17.0. The molecule has 3 rings (SSSR count). The van der Waals surface area contributed by atoms with Crippen LogP contribution in [0.25, 0.3) is 6.08 Å². The molecule has 0 aromatic heterocycles. The van der Waals surface area contributed by atoms with Crippen LogP contribution in [0.1, 0.15) is 25.0 Å². The van der Waals surface area contributed by atoms with Crippen LogP contribution >= 0.6 is 11.6 Å². The molecule has 10 heteroatoms. The molecule has 1 saturated heterocycles. The van der Waals surface area contributed by atoms with Gasteiger partial charge in [-0.25, -0.2) is 9.69 Å². The fraction of sp³-hybridized carbons (Fsp3) is 0.190. The van der Waals surface area contributed by atoms with Crippen molar-refractivity contribution in [2.75, 3.05) is 4.90 Å². The first-order valence-electron chi connectivity index (χ1n) is 9.02. The highest BCUT2D eigenvalue weighted by molar-refractivity contribution is 6.42. The third-order valence-electron chi connectivity index (χ3n) is 4.18. The van der Waals surface area contributed by atoms with E-state index >= 15 is 0 Å². The molecule has 0 aliphatic carbocycles. The molecule has 4 amide bonds. The lowest BCUT2D eigenvalue weighted by Crippen LogP contribution is -2.54. The van der Waals surface area contributed by atoms with Gasteiger partial charge in [-0.15, -0.1) is 0 Å². The van der Waals surface area contributed by atoms with Crippen molar-refractivity contribution in [1.29, 1.82) is 0 Å². The predicted molar refractivity (Wildman–Crippen MR) is 108 cm³/mol. The smallest absolute Gasteiger partial charge is 0.416 e. The zero-order chi connectivity index (χ0) is 22.9. The molecule has 162 valence electrons. The van der Waals surface area contributed by atoms with Gasteiger partial charge in [-0.2, -0.15) is 13.2 Å². The fourth-order valence-corrected chi connectivity index (χ4v) is 3.02. The molecule has 1 aliphatic rings. The first-order valence-corrected chi connectivity index (χ1v) is 9.40. The van der Waals surface area contributed by atoms with Crippen LogP contribution in [-0.4, -0.2) is 23.9 Å². The van der Waals surface area contributed by atoms with Gasteiger partial charge in [-0.1, -0.05) is 23.7 Å². The summed E-state index contributed by atoms with van der Waals surface area (Å²) >= 11 is 5.95. The minimum Gasteiger partial charge on any atom is -0.491 e. The molecular weight excluding hydrogens is 437 g/mol. The van der Waals surface area contributed by atoms with E-state index in [2.05, 4.69) is 0 Å². The minimum absolute atomic E-state index is 0.0494.